The van der Waals surface area contributed by atoms with Gasteiger partial charge in [-0.3, -0.25) is 4.79 Å². The van der Waals surface area contributed by atoms with E-state index in [1.54, 1.807) is 30.4 Å². The van der Waals surface area contributed by atoms with Gasteiger partial charge in [0.2, 0.25) is 5.91 Å². The first kappa shape index (κ1) is 11.1. The van der Waals surface area contributed by atoms with E-state index in [1.807, 2.05) is 18.2 Å². The first-order valence-electron chi connectivity index (χ1n) is 5.29. The fraction of sp³-hybridized carbons (Fsp3) is 0.0769. The molecule has 0 bridgehead atoms. The summed E-state index contributed by atoms with van der Waals surface area (Å²) in [6.45, 7) is 0. The highest BCUT2D eigenvalue weighted by Crippen LogP contribution is 2.09. The van der Waals surface area contributed by atoms with E-state index in [0.717, 1.165) is 4.90 Å². The molecule has 1 aliphatic heterocycles. The maximum atomic E-state index is 11.8. The zero-order valence-electron chi connectivity index (χ0n) is 9.17. The molecule has 17 heavy (non-hydrogen) atoms. The summed E-state index contributed by atoms with van der Waals surface area (Å²) in [5.74, 6) is -0.247. The summed E-state index contributed by atoms with van der Waals surface area (Å²) < 4.78 is 0. The first-order valence-corrected chi connectivity index (χ1v) is 5.29. The minimum atomic E-state index is -0.443. The highest BCUT2D eigenvalue weighted by atomic mass is 16.2. The van der Waals surface area contributed by atoms with Crippen LogP contribution in [0.5, 0.6) is 0 Å². The van der Waals surface area contributed by atoms with Gasteiger partial charge in [0, 0.05) is 18.3 Å². The molecule has 1 N–H and O–H groups in total. The van der Waals surface area contributed by atoms with Crippen molar-refractivity contribution < 1.29 is 9.59 Å². The molecule has 1 aromatic rings. The molecule has 0 atom stereocenters. The normalized spacial score (nSPS) is 14.6. The molecule has 0 saturated carbocycles. The maximum absolute atomic E-state index is 11.8. The number of hydrogen-bond acceptors (Lipinski definition) is 2. The summed E-state index contributed by atoms with van der Waals surface area (Å²) in [6, 6.07) is 8.58. The summed E-state index contributed by atoms with van der Waals surface area (Å²) >= 11 is 0. The van der Waals surface area contributed by atoms with E-state index in [2.05, 4.69) is 5.32 Å². The summed E-state index contributed by atoms with van der Waals surface area (Å²) in [7, 11) is 0. The molecular formula is C13H12N2O2. The van der Waals surface area contributed by atoms with Gasteiger partial charge in [-0.25, -0.2) is 9.69 Å². The summed E-state index contributed by atoms with van der Waals surface area (Å²) in [6.07, 6.45) is 6.82. The third-order valence-corrected chi connectivity index (χ3v) is 2.29. The van der Waals surface area contributed by atoms with Crippen molar-refractivity contribution in [1.82, 2.24) is 4.90 Å². The van der Waals surface area contributed by atoms with Gasteiger partial charge < -0.3 is 5.32 Å². The molecule has 0 fully saturated rings. The van der Waals surface area contributed by atoms with Crippen molar-refractivity contribution in [1.29, 1.82) is 0 Å². The number of carbonyl (C=O) groups is 2. The van der Waals surface area contributed by atoms with Crippen LogP contribution in [0, 0.1) is 0 Å². The largest absolute Gasteiger partial charge is 0.332 e. The summed E-state index contributed by atoms with van der Waals surface area (Å²) in [4.78, 5) is 24.5. The number of nitrogens with one attached hydrogen (secondary N) is 1. The Bertz CT molecular complexity index is 477. The molecule has 4 heteroatoms. The number of para-hydroxylation sites is 1. The van der Waals surface area contributed by atoms with Gasteiger partial charge in [0.1, 0.15) is 0 Å². The van der Waals surface area contributed by atoms with Crippen molar-refractivity contribution >= 4 is 17.6 Å². The number of carbonyl (C=O) groups excluding carboxylic acids is 2. The molecule has 0 radical (unpaired) electrons. The van der Waals surface area contributed by atoms with Crippen molar-refractivity contribution in [2.45, 2.75) is 6.42 Å². The van der Waals surface area contributed by atoms with Crippen LogP contribution < -0.4 is 5.32 Å². The third-order valence-electron chi connectivity index (χ3n) is 2.29. The van der Waals surface area contributed by atoms with Gasteiger partial charge in [0.05, 0.1) is 0 Å². The molecule has 1 heterocycles. The van der Waals surface area contributed by atoms with E-state index in [0.29, 0.717) is 5.69 Å². The molecular weight excluding hydrogens is 216 g/mol. The van der Waals surface area contributed by atoms with Crippen LogP contribution in [0.25, 0.3) is 0 Å². The number of imide groups is 1. The number of hydrogen-bond donors (Lipinski definition) is 1. The molecule has 0 saturated heterocycles. The Kier molecular flexibility index (Phi) is 3.35. The predicted octanol–water partition coefficient (Wildman–Crippen LogP) is 2.52. The van der Waals surface area contributed by atoms with Crippen LogP contribution in [0.2, 0.25) is 0 Å². The zero-order valence-corrected chi connectivity index (χ0v) is 9.17. The average molecular weight is 228 g/mol. The van der Waals surface area contributed by atoms with E-state index < -0.39 is 6.03 Å². The lowest BCUT2D eigenvalue weighted by atomic mass is 10.3. The Morgan fingerprint density at radius 2 is 1.94 bits per heavy atom. The number of anilines is 1. The molecule has 1 aliphatic rings. The molecule has 0 spiro atoms. The summed E-state index contributed by atoms with van der Waals surface area (Å²) in [5, 5.41) is 2.66. The third kappa shape index (κ3) is 2.81. The van der Waals surface area contributed by atoms with Crippen molar-refractivity contribution in [3.63, 3.8) is 0 Å². The average Bonchev–Trinajstić information content (AvgIpc) is 2.55. The van der Waals surface area contributed by atoms with E-state index >= 15 is 0 Å². The summed E-state index contributed by atoms with van der Waals surface area (Å²) in [5.41, 5.74) is 0.663. The highest BCUT2D eigenvalue weighted by molar-refractivity contribution is 6.02. The predicted molar refractivity (Wildman–Crippen MR) is 65.2 cm³/mol. The second kappa shape index (κ2) is 5.12. The molecule has 4 nitrogen and oxygen atoms in total. The van der Waals surface area contributed by atoms with Gasteiger partial charge >= 0.3 is 6.03 Å². The van der Waals surface area contributed by atoms with Crippen molar-refractivity contribution in [2.75, 3.05) is 5.32 Å². The topological polar surface area (TPSA) is 49.4 Å². The number of rotatable bonds is 1. The van der Waals surface area contributed by atoms with E-state index in [-0.39, 0.29) is 12.3 Å². The van der Waals surface area contributed by atoms with Crippen molar-refractivity contribution in [2.24, 2.45) is 0 Å². The van der Waals surface area contributed by atoms with E-state index in [4.69, 9.17) is 0 Å². The van der Waals surface area contributed by atoms with Crippen LogP contribution in [0.15, 0.2) is 54.8 Å². The number of benzene rings is 1. The lowest BCUT2D eigenvalue weighted by molar-refractivity contribution is -0.125. The molecule has 0 aliphatic carbocycles. The maximum Gasteiger partial charge on any atom is 0.332 e. The monoisotopic (exact) mass is 228 g/mol. The van der Waals surface area contributed by atoms with Crippen LogP contribution >= 0.6 is 0 Å². The fourth-order valence-electron chi connectivity index (χ4n) is 1.45. The lowest BCUT2D eigenvalue weighted by Gasteiger charge is -2.15. The van der Waals surface area contributed by atoms with E-state index in [1.165, 1.54) is 6.20 Å². The standard InChI is InChI=1S/C13H12N2O2/c16-12-9-5-2-6-10-15(12)13(17)14-11-7-3-1-4-8-11/h1-8,10H,9H2,(H,14,17). The lowest BCUT2D eigenvalue weighted by Crippen LogP contribution is -2.35. The molecule has 86 valence electrons. The van der Waals surface area contributed by atoms with Crippen LogP contribution in [0.3, 0.4) is 0 Å². The SMILES string of the molecule is O=C1CC=CC=CN1C(=O)Nc1ccccc1. The number of amides is 3. The van der Waals surface area contributed by atoms with Crippen molar-refractivity contribution in [3.05, 3.63) is 54.8 Å². The fourth-order valence-corrected chi connectivity index (χ4v) is 1.45. The van der Waals surface area contributed by atoms with Gasteiger partial charge in [0.15, 0.2) is 0 Å². The Labute approximate surface area is 99.2 Å². The smallest absolute Gasteiger partial charge is 0.307 e. The van der Waals surface area contributed by atoms with E-state index in [9.17, 15) is 9.59 Å². The van der Waals surface area contributed by atoms with Gasteiger partial charge in [-0.2, -0.15) is 0 Å². The Morgan fingerprint density at radius 3 is 2.71 bits per heavy atom. The zero-order chi connectivity index (χ0) is 12.1. The van der Waals surface area contributed by atoms with Crippen LogP contribution in [-0.2, 0) is 4.79 Å². The highest BCUT2D eigenvalue weighted by Gasteiger charge is 2.18. The van der Waals surface area contributed by atoms with Gasteiger partial charge in [0.25, 0.3) is 0 Å². The molecule has 0 aromatic heterocycles. The van der Waals surface area contributed by atoms with Crippen LogP contribution in [-0.4, -0.2) is 16.8 Å². The molecule has 0 unspecified atom stereocenters. The van der Waals surface area contributed by atoms with Gasteiger partial charge in [-0.15, -0.1) is 0 Å². The molecule has 3 amide bonds. The number of allylic oxidation sites excluding steroid dienone is 2. The number of urea groups is 1. The van der Waals surface area contributed by atoms with Crippen LogP contribution in [0.4, 0.5) is 10.5 Å². The quantitative estimate of drug-likeness (QED) is 0.802. The second-order valence-corrected chi connectivity index (χ2v) is 3.53. The Balaban J connectivity index is 2.08. The van der Waals surface area contributed by atoms with Gasteiger partial charge in [-0.05, 0) is 18.2 Å². The minimum Gasteiger partial charge on any atom is -0.307 e. The van der Waals surface area contributed by atoms with Crippen molar-refractivity contribution in [3.8, 4) is 0 Å². The minimum absolute atomic E-state index is 0.231. The second-order valence-electron chi connectivity index (χ2n) is 3.53. The first-order chi connectivity index (χ1) is 8.27. The van der Waals surface area contributed by atoms with Gasteiger partial charge in [-0.1, -0.05) is 30.4 Å². The number of nitrogens with zero attached hydrogens (tertiary/aromatic N) is 1. The Morgan fingerprint density at radius 1 is 1.18 bits per heavy atom. The molecule has 1 aromatic carbocycles. The molecule has 2 rings (SSSR count). The van der Waals surface area contributed by atoms with Crippen LogP contribution in [0.1, 0.15) is 6.42 Å². The Hall–Kier alpha value is -2.36.